The highest BCUT2D eigenvalue weighted by Crippen LogP contribution is 2.35. The number of rotatable bonds is 2. The van der Waals surface area contributed by atoms with Crippen LogP contribution in [0.3, 0.4) is 0 Å². The summed E-state index contributed by atoms with van der Waals surface area (Å²) in [7, 11) is 1.62. The Labute approximate surface area is 160 Å². The average Bonchev–Trinajstić information content (AvgIpc) is 3.35. The van der Waals surface area contributed by atoms with Crippen LogP contribution in [0.5, 0.6) is 5.75 Å². The number of hydrogen-bond donors (Lipinski definition) is 0. The molecule has 28 heavy (non-hydrogen) atoms. The first-order valence-corrected chi connectivity index (χ1v) is 9.37. The van der Waals surface area contributed by atoms with Gasteiger partial charge in [0.15, 0.2) is 17.2 Å². The molecule has 144 valence electrons. The SMILES string of the molecule is Cn1nc2cc(N3CCOc4cc(C(=O)N5CCCC5)cnc43)ccn2c1=O. The van der Waals surface area contributed by atoms with Crippen molar-refractivity contribution in [2.75, 3.05) is 31.1 Å². The molecular weight excluding hydrogens is 360 g/mol. The van der Waals surface area contributed by atoms with Crippen molar-refractivity contribution in [1.82, 2.24) is 24.1 Å². The van der Waals surface area contributed by atoms with Crippen molar-refractivity contribution in [3.05, 3.63) is 46.6 Å². The summed E-state index contributed by atoms with van der Waals surface area (Å²) in [6.07, 6.45) is 5.42. The van der Waals surface area contributed by atoms with Crippen LogP contribution in [-0.2, 0) is 7.05 Å². The molecule has 0 atom stereocenters. The molecule has 1 saturated heterocycles. The molecule has 3 aromatic rings. The fourth-order valence-corrected chi connectivity index (χ4v) is 3.81. The first kappa shape index (κ1) is 16.8. The Morgan fingerprint density at radius 2 is 2.00 bits per heavy atom. The Balaban J connectivity index is 1.50. The number of aryl methyl sites for hydroxylation is 1. The third-order valence-corrected chi connectivity index (χ3v) is 5.27. The molecule has 0 bridgehead atoms. The van der Waals surface area contributed by atoms with Crippen LogP contribution in [0.2, 0.25) is 0 Å². The van der Waals surface area contributed by atoms with Gasteiger partial charge >= 0.3 is 5.69 Å². The van der Waals surface area contributed by atoms with Gasteiger partial charge in [0.25, 0.3) is 5.91 Å². The molecule has 1 amide bonds. The van der Waals surface area contributed by atoms with Crippen molar-refractivity contribution in [2.45, 2.75) is 12.8 Å². The fourth-order valence-electron chi connectivity index (χ4n) is 3.81. The number of carbonyl (C=O) groups is 1. The Morgan fingerprint density at radius 3 is 2.82 bits per heavy atom. The number of hydrogen-bond acceptors (Lipinski definition) is 6. The third kappa shape index (κ3) is 2.62. The second-order valence-corrected chi connectivity index (χ2v) is 7.06. The lowest BCUT2D eigenvalue weighted by Gasteiger charge is -2.30. The lowest BCUT2D eigenvalue weighted by molar-refractivity contribution is 0.0792. The van der Waals surface area contributed by atoms with Gasteiger partial charge in [-0.05, 0) is 25.0 Å². The lowest BCUT2D eigenvalue weighted by atomic mass is 10.2. The summed E-state index contributed by atoms with van der Waals surface area (Å²) in [5.41, 5.74) is 1.80. The van der Waals surface area contributed by atoms with E-state index in [0.29, 0.717) is 35.9 Å². The molecular formula is C19H20N6O3. The van der Waals surface area contributed by atoms with Crippen LogP contribution in [-0.4, -0.2) is 56.2 Å². The molecule has 2 aliphatic heterocycles. The van der Waals surface area contributed by atoms with Crippen LogP contribution >= 0.6 is 0 Å². The average molecular weight is 380 g/mol. The van der Waals surface area contributed by atoms with Crippen molar-refractivity contribution in [1.29, 1.82) is 0 Å². The third-order valence-electron chi connectivity index (χ3n) is 5.27. The molecule has 0 aliphatic carbocycles. The van der Waals surface area contributed by atoms with Gasteiger partial charge in [0.2, 0.25) is 0 Å². The number of aromatic nitrogens is 4. The second-order valence-electron chi connectivity index (χ2n) is 7.06. The largest absolute Gasteiger partial charge is 0.488 e. The zero-order chi connectivity index (χ0) is 19.3. The molecule has 0 unspecified atom stereocenters. The van der Waals surface area contributed by atoms with Crippen LogP contribution in [0.15, 0.2) is 35.4 Å². The summed E-state index contributed by atoms with van der Waals surface area (Å²) in [6.45, 7) is 2.70. The van der Waals surface area contributed by atoms with Gasteiger partial charge in [-0.25, -0.2) is 14.5 Å². The topological polar surface area (TPSA) is 85.0 Å². The number of nitrogens with zero attached hydrogens (tertiary/aromatic N) is 6. The maximum absolute atomic E-state index is 12.6. The molecule has 5 heterocycles. The van der Waals surface area contributed by atoms with Crippen molar-refractivity contribution >= 4 is 23.1 Å². The van der Waals surface area contributed by atoms with Gasteiger partial charge in [0.05, 0.1) is 12.1 Å². The van der Waals surface area contributed by atoms with Crippen LogP contribution < -0.4 is 15.3 Å². The number of amides is 1. The smallest absolute Gasteiger partial charge is 0.350 e. The highest BCUT2D eigenvalue weighted by Gasteiger charge is 2.25. The van der Waals surface area contributed by atoms with E-state index in [4.69, 9.17) is 4.74 Å². The second kappa shape index (κ2) is 6.36. The Morgan fingerprint density at radius 1 is 1.18 bits per heavy atom. The summed E-state index contributed by atoms with van der Waals surface area (Å²) in [6, 6.07) is 5.48. The lowest BCUT2D eigenvalue weighted by Crippen LogP contribution is -2.31. The molecule has 9 heteroatoms. The maximum atomic E-state index is 12.6. The minimum atomic E-state index is -0.188. The summed E-state index contributed by atoms with van der Waals surface area (Å²) < 4.78 is 8.59. The van der Waals surface area contributed by atoms with E-state index in [-0.39, 0.29) is 11.6 Å². The molecule has 0 spiro atoms. The molecule has 1 fully saturated rings. The molecule has 2 aliphatic rings. The number of anilines is 2. The van der Waals surface area contributed by atoms with Gasteiger partial charge < -0.3 is 14.5 Å². The van der Waals surface area contributed by atoms with Gasteiger partial charge in [-0.2, -0.15) is 5.10 Å². The molecule has 0 N–H and O–H groups in total. The van der Waals surface area contributed by atoms with Crippen LogP contribution in [0.25, 0.3) is 5.65 Å². The number of fused-ring (bicyclic) bond motifs is 2. The predicted molar refractivity (Wildman–Crippen MR) is 102 cm³/mol. The van der Waals surface area contributed by atoms with E-state index in [1.54, 1.807) is 25.5 Å². The number of likely N-dealkylation sites (tertiary alicyclic amines) is 1. The summed E-state index contributed by atoms with van der Waals surface area (Å²) in [4.78, 5) is 33.1. The van der Waals surface area contributed by atoms with E-state index < -0.39 is 0 Å². The molecule has 0 saturated carbocycles. The van der Waals surface area contributed by atoms with Crippen molar-refractivity contribution in [2.24, 2.45) is 7.05 Å². The van der Waals surface area contributed by atoms with E-state index in [1.165, 1.54) is 9.08 Å². The molecule has 0 radical (unpaired) electrons. The molecule has 5 rings (SSSR count). The summed E-state index contributed by atoms with van der Waals surface area (Å²) >= 11 is 0. The normalized spacial score (nSPS) is 16.3. The predicted octanol–water partition coefficient (Wildman–Crippen LogP) is 1.19. The Kier molecular flexibility index (Phi) is 3.81. The Hall–Kier alpha value is -3.36. The number of pyridine rings is 2. The highest BCUT2D eigenvalue weighted by atomic mass is 16.5. The maximum Gasteiger partial charge on any atom is 0.350 e. The Bertz CT molecular complexity index is 1130. The zero-order valence-corrected chi connectivity index (χ0v) is 15.5. The number of ether oxygens (including phenoxy) is 1. The number of carbonyl (C=O) groups excluding carboxylic acids is 1. The molecule has 3 aromatic heterocycles. The molecule has 9 nitrogen and oxygen atoms in total. The van der Waals surface area contributed by atoms with Crippen LogP contribution in [0.4, 0.5) is 11.5 Å². The van der Waals surface area contributed by atoms with Gasteiger partial charge in [-0.3, -0.25) is 9.20 Å². The van der Waals surface area contributed by atoms with E-state index in [9.17, 15) is 9.59 Å². The van der Waals surface area contributed by atoms with Crippen LogP contribution in [0, 0.1) is 0 Å². The summed E-state index contributed by atoms with van der Waals surface area (Å²) in [5.74, 6) is 1.25. The molecule has 0 aromatic carbocycles. The van der Waals surface area contributed by atoms with Crippen molar-refractivity contribution < 1.29 is 9.53 Å². The van der Waals surface area contributed by atoms with Gasteiger partial charge in [-0.15, -0.1) is 0 Å². The van der Waals surface area contributed by atoms with Crippen molar-refractivity contribution in [3.8, 4) is 5.75 Å². The van der Waals surface area contributed by atoms with E-state index in [2.05, 4.69) is 10.1 Å². The van der Waals surface area contributed by atoms with Crippen LogP contribution in [0.1, 0.15) is 23.2 Å². The monoisotopic (exact) mass is 380 g/mol. The standard InChI is InChI=1S/C19H20N6O3/c1-22-19(27)25-7-4-14(11-16(25)21-22)24-8-9-28-15-10-13(12-20-17(15)24)18(26)23-5-2-3-6-23/h4,7,10-12H,2-3,5-6,8-9H2,1H3. The van der Waals surface area contributed by atoms with E-state index in [0.717, 1.165) is 31.6 Å². The minimum Gasteiger partial charge on any atom is -0.488 e. The highest BCUT2D eigenvalue weighted by molar-refractivity contribution is 5.95. The first-order valence-electron chi connectivity index (χ1n) is 9.37. The van der Waals surface area contributed by atoms with Gasteiger partial charge in [0, 0.05) is 44.3 Å². The minimum absolute atomic E-state index is 0.00260. The summed E-state index contributed by atoms with van der Waals surface area (Å²) in [5, 5.41) is 4.24. The van der Waals surface area contributed by atoms with E-state index >= 15 is 0 Å². The zero-order valence-electron chi connectivity index (χ0n) is 15.5. The van der Waals surface area contributed by atoms with Gasteiger partial charge in [0.1, 0.15) is 6.61 Å². The van der Waals surface area contributed by atoms with Crippen molar-refractivity contribution in [3.63, 3.8) is 0 Å². The quantitative estimate of drug-likeness (QED) is 0.664. The van der Waals surface area contributed by atoms with Gasteiger partial charge in [-0.1, -0.05) is 0 Å². The first-order chi connectivity index (χ1) is 13.6. The van der Waals surface area contributed by atoms with E-state index in [1.807, 2.05) is 21.9 Å². The fraction of sp³-hybridized carbons (Fsp3) is 0.368.